The maximum absolute atomic E-state index is 12.0. The van der Waals surface area contributed by atoms with Crippen molar-refractivity contribution in [1.82, 2.24) is 9.97 Å². The number of rotatable bonds is 11. The lowest BCUT2D eigenvalue weighted by molar-refractivity contribution is -0.119. The molecule has 0 aliphatic rings. The molecule has 0 spiro atoms. The summed E-state index contributed by atoms with van der Waals surface area (Å²) in [5.41, 5.74) is 19.9. The van der Waals surface area contributed by atoms with E-state index in [-0.39, 0.29) is 29.5 Å². The van der Waals surface area contributed by atoms with E-state index in [0.717, 1.165) is 18.4 Å². The Bertz CT molecular complexity index is 802. The Labute approximate surface area is 176 Å². The topological polar surface area (TPSA) is 149 Å². The van der Waals surface area contributed by atoms with Gasteiger partial charge in [0.25, 0.3) is 0 Å². The van der Waals surface area contributed by atoms with Crippen LogP contribution in [0, 0.1) is 0 Å². The van der Waals surface area contributed by atoms with Crippen molar-refractivity contribution in [2.75, 3.05) is 38.0 Å². The molecule has 9 nitrogen and oxygen atoms in total. The van der Waals surface area contributed by atoms with Gasteiger partial charge in [-0.3, -0.25) is 0 Å². The summed E-state index contributed by atoms with van der Waals surface area (Å²) < 4.78 is 16.2. The predicted molar refractivity (Wildman–Crippen MR) is 116 cm³/mol. The molecule has 1 atom stereocenters. The number of ether oxygens (including phenoxy) is 3. The Hall–Kier alpha value is -2.91. The Morgan fingerprint density at radius 2 is 1.63 bits per heavy atom. The molecule has 0 saturated carbocycles. The summed E-state index contributed by atoms with van der Waals surface area (Å²) >= 11 is 0. The number of aromatic nitrogens is 2. The Balaban J connectivity index is 2.14. The van der Waals surface area contributed by atoms with Gasteiger partial charge in [-0.05, 0) is 37.0 Å². The first kappa shape index (κ1) is 23.4. The number of carbonyl (C=O) groups excluding carboxylic acids is 1. The number of esters is 1. The maximum atomic E-state index is 12.0. The maximum Gasteiger partial charge on any atom is 0.338 e. The van der Waals surface area contributed by atoms with E-state index in [2.05, 4.69) is 9.97 Å². The Morgan fingerprint density at radius 1 is 1.03 bits per heavy atom. The van der Waals surface area contributed by atoms with E-state index in [9.17, 15) is 4.79 Å². The first-order valence-corrected chi connectivity index (χ1v) is 9.91. The lowest BCUT2D eigenvalue weighted by Crippen LogP contribution is -2.26. The zero-order valence-corrected chi connectivity index (χ0v) is 17.8. The van der Waals surface area contributed by atoms with E-state index in [1.165, 1.54) is 0 Å². The molecule has 2 rings (SSSR count). The minimum absolute atomic E-state index is 0.0142. The molecule has 0 aliphatic heterocycles. The summed E-state index contributed by atoms with van der Waals surface area (Å²) in [5.74, 6) is -0.200. The molecule has 1 heterocycles. The van der Waals surface area contributed by atoms with Gasteiger partial charge >= 0.3 is 5.97 Å². The highest BCUT2D eigenvalue weighted by Gasteiger charge is 2.28. The molecule has 0 radical (unpaired) electrons. The molecule has 0 fully saturated rings. The van der Waals surface area contributed by atoms with Gasteiger partial charge in [-0.25, -0.2) is 4.79 Å². The van der Waals surface area contributed by atoms with Gasteiger partial charge in [0.1, 0.15) is 11.6 Å². The summed E-state index contributed by atoms with van der Waals surface area (Å²) in [6, 6.07) is 7.32. The van der Waals surface area contributed by atoms with Crippen molar-refractivity contribution in [2.45, 2.75) is 44.8 Å². The SMILES string of the molecule is CCCCOC(=O)c1ccc(CCC(c2c(N)nc(N)nc2N)C(OC)OC)cc1. The quantitative estimate of drug-likeness (QED) is 0.285. The summed E-state index contributed by atoms with van der Waals surface area (Å²) in [7, 11) is 3.09. The number of methoxy groups -OCH3 is 2. The fourth-order valence-electron chi connectivity index (χ4n) is 3.27. The van der Waals surface area contributed by atoms with Crippen LogP contribution in [0.15, 0.2) is 24.3 Å². The highest BCUT2D eigenvalue weighted by Crippen LogP contribution is 2.34. The molecule has 0 saturated heterocycles. The molecule has 164 valence electrons. The predicted octanol–water partition coefficient (Wildman–Crippen LogP) is 2.52. The second-order valence-corrected chi connectivity index (χ2v) is 6.94. The molecular weight excluding hydrogens is 386 g/mol. The fourth-order valence-corrected chi connectivity index (χ4v) is 3.27. The van der Waals surface area contributed by atoms with Crippen LogP contribution in [-0.2, 0) is 20.6 Å². The van der Waals surface area contributed by atoms with Crippen molar-refractivity contribution in [3.05, 3.63) is 41.0 Å². The Morgan fingerprint density at radius 3 is 2.17 bits per heavy atom. The summed E-state index contributed by atoms with van der Waals surface area (Å²) in [6.45, 7) is 2.48. The van der Waals surface area contributed by atoms with E-state index >= 15 is 0 Å². The van der Waals surface area contributed by atoms with Crippen molar-refractivity contribution in [3.63, 3.8) is 0 Å². The first-order chi connectivity index (χ1) is 14.4. The molecule has 1 aromatic carbocycles. The van der Waals surface area contributed by atoms with Gasteiger partial charge in [0.15, 0.2) is 6.29 Å². The van der Waals surface area contributed by atoms with Gasteiger partial charge < -0.3 is 31.4 Å². The molecule has 6 N–H and O–H groups in total. The fraction of sp³-hybridized carbons (Fsp3) is 0.476. The second kappa shape index (κ2) is 11.3. The molecule has 9 heteroatoms. The molecule has 0 aliphatic carbocycles. The zero-order chi connectivity index (χ0) is 22.1. The summed E-state index contributed by atoms with van der Waals surface area (Å²) in [4.78, 5) is 20.1. The number of unbranched alkanes of at least 4 members (excludes halogenated alkanes) is 1. The lowest BCUT2D eigenvalue weighted by Gasteiger charge is -2.26. The number of nitrogen functional groups attached to an aromatic ring is 3. The molecule has 0 bridgehead atoms. The lowest BCUT2D eigenvalue weighted by atomic mass is 9.91. The largest absolute Gasteiger partial charge is 0.462 e. The van der Waals surface area contributed by atoms with Crippen LogP contribution >= 0.6 is 0 Å². The van der Waals surface area contributed by atoms with Crippen LogP contribution in [0.2, 0.25) is 0 Å². The van der Waals surface area contributed by atoms with Crippen molar-refractivity contribution < 1.29 is 19.0 Å². The van der Waals surface area contributed by atoms with Crippen molar-refractivity contribution in [3.8, 4) is 0 Å². The van der Waals surface area contributed by atoms with Crippen LogP contribution in [-0.4, -0.2) is 43.1 Å². The van der Waals surface area contributed by atoms with E-state index in [0.29, 0.717) is 30.6 Å². The van der Waals surface area contributed by atoms with Crippen LogP contribution in [0.1, 0.15) is 53.6 Å². The minimum Gasteiger partial charge on any atom is -0.462 e. The van der Waals surface area contributed by atoms with Crippen LogP contribution in [0.4, 0.5) is 17.6 Å². The van der Waals surface area contributed by atoms with E-state index in [1.807, 2.05) is 19.1 Å². The Kier molecular flexibility index (Phi) is 8.82. The second-order valence-electron chi connectivity index (χ2n) is 6.94. The highest BCUT2D eigenvalue weighted by molar-refractivity contribution is 5.89. The normalized spacial score (nSPS) is 12.1. The number of hydrogen-bond donors (Lipinski definition) is 3. The highest BCUT2D eigenvalue weighted by atomic mass is 16.7. The molecular formula is C21H31N5O4. The third-order valence-corrected chi connectivity index (χ3v) is 4.85. The molecule has 30 heavy (non-hydrogen) atoms. The molecule has 1 aromatic heterocycles. The van der Waals surface area contributed by atoms with Crippen LogP contribution in [0.25, 0.3) is 0 Å². The minimum atomic E-state index is -0.588. The smallest absolute Gasteiger partial charge is 0.338 e. The molecule has 2 aromatic rings. The van der Waals surface area contributed by atoms with Gasteiger partial charge in [0.05, 0.1) is 12.2 Å². The zero-order valence-electron chi connectivity index (χ0n) is 17.8. The monoisotopic (exact) mass is 417 g/mol. The van der Waals surface area contributed by atoms with Gasteiger partial charge in [-0.1, -0.05) is 25.5 Å². The van der Waals surface area contributed by atoms with E-state index in [4.69, 9.17) is 31.4 Å². The van der Waals surface area contributed by atoms with Crippen LogP contribution in [0.5, 0.6) is 0 Å². The first-order valence-electron chi connectivity index (χ1n) is 9.91. The third kappa shape index (κ3) is 6.04. The number of hydrogen-bond acceptors (Lipinski definition) is 9. The van der Waals surface area contributed by atoms with Crippen LogP contribution in [0.3, 0.4) is 0 Å². The number of nitrogens with zero attached hydrogens (tertiary/aromatic N) is 2. The van der Waals surface area contributed by atoms with Gasteiger partial charge in [0, 0.05) is 25.7 Å². The van der Waals surface area contributed by atoms with Crippen LogP contribution < -0.4 is 17.2 Å². The number of nitrogens with two attached hydrogens (primary N) is 3. The average molecular weight is 418 g/mol. The standard InChI is InChI=1S/C21H31N5O4/c1-4-5-12-30-19(27)14-9-6-13(7-10-14)8-11-15(20(28-2)29-3)16-17(22)25-21(24)26-18(16)23/h6-7,9-10,15,20H,4-5,8,11-12H2,1-3H3,(H6,22,23,24,25,26). The van der Waals surface area contributed by atoms with Crippen molar-refractivity contribution in [1.29, 1.82) is 0 Å². The molecule has 1 unspecified atom stereocenters. The van der Waals surface area contributed by atoms with Gasteiger partial charge in [0.2, 0.25) is 5.95 Å². The number of aryl methyl sites for hydroxylation is 1. The van der Waals surface area contributed by atoms with E-state index in [1.54, 1.807) is 26.4 Å². The third-order valence-electron chi connectivity index (χ3n) is 4.85. The average Bonchev–Trinajstić information content (AvgIpc) is 2.72. The number of benzene rings is 1. The number of anilines is 3. The van der Waals surface area contributed by atoms with Crippen molar-refractivity contribution in [2.24, 2.45) is 0 Å². The van der Waals surface area contributed by atoms with Crippen molar-refractivity contribution >= 4 is 23.6 Å². The van der Waals surface area contributed by atoms with Gasteiger partial charge in [-0.2, -0.15) is 9.97 Å². The van der Waals surface area contributed by atoms with E-state index < -0.39 is 6.29 Å². The summed E-state index contributed by atoms with van der Waals surface area (Å²) in [5, 5.41) is 0. The summed E-state index contributed by atoms with van der Waals surface area (Å²) in [6.07, 6.45) is 2.52. The molecule has 0 amide bonds. The number of carbonyl (C=O) groups is 1. The van der Waals surface area contributed by atoms with Gasteiger partial charge in [-0.15, -0.1) is 0 Å².